The molecule has 18 heavy (non-hydrogen) atoms. The number of benzene rings is 1. The van der Waals surface area contributed by atoms with Gasteiger partial charge in [-0.2, -0.15) is 0 Å². The van der Waals surface area contributed by atoms with Gasteiger partial charge in [-0.3, -0.25) is 4.79 Å². The van der Waals surface area contributed by atoms with E-state index in [2.05, 4.69) is 4.98 Å². The maximum Gasteiger partial charge on any atom is 0.254 e. The second kappa shape index (κ2) is 4.64. The van der Waals surface area contributed by atoms with Crippen LogP contribution in [0.4, 0.5) is 5.82 Å². The van der Waals surface area contributed by atoms with Crippen LogP contribution in [0.2, 0.25) is 0 Å². The average Bonchev–Trinajstić information content (AvgIpc) is 2.36. The number of hydrogen-bond donors (Lipinski definition) is 0. The number of anilines is 1. The Balaban J connectivity index is 2.72. The van der Waals surface area contributed by atoms with Crippen LogP contribution in [0.15, 0.2) is 30.3 Å². The Morgan fingerprint density at radius 1 is 1.11 bits per heavy atom. The summed E-state index contributed by atoms with van der Waals surface area (Å²) in [6.45, 7) is 0. The molecule has 0 aliphatic carbocycles. The maximum atomic E-state index is 12.2. The Labute approximate surface area is 107 Å². The second-order valence-corrected chi connectivity index (χ2v) is 4.64. The van der Waals surface area contributed by atoms with E-state index >= 15 is 0 Å². The van der Waals surface area contributed by atoms with Gasteiger partial charge in [0.1, 0.15) is 5.82 Å². The Kier molecular flexibility index (Phi) is 3.19. The Morgan fingerprint density at radius 3 is 2.39 bits per heavy atom. The van der Waals surface area contributed by atoms with Crippen LogP contribution in [0.3, 0.4) is 0 Å². The van der Waals surface area contributed by atoms with Gasteiger partial charge >= 0.3 is 0 Å². The van der Waals surface area contributed by atoms with Crippen molar-refractivity contribution < 1.29 is 4.79 Å². The molecule has 1 aromatic heterocycles. The summed E-state index contributed by atoms with van der Waals surface area (Å²) in [4.78, 5) is 20.2. The third kappa shape index (κ3) is 2.14. The Hall–Kier alpha value is -2.10. The summed E-state index contributed by atoms with van der Waals surface area (Å²) in [5, 5.41) is 0.891. The number of aromatic nitrogens is 1. The second-order valence-electron chi connectivity index (χ2n) is 4.64. The number of hydrogen-bond acceptors (Lipinski definition) is 3. The van der Waals surface area contributed by atoms with E-state index < -0.39 is 0 Å². The maximum absolute atomic E-state index is 12.2. The van der Waals surface area contributed by atoms with E-state index in [1.54, 1.807) is 19.0 Å². The first-order chi connectivity index (χ1) is 8.50. The summed E-state index contributed by atoms with van der Waals surface area (Å²) >= 11 is 0. The molecule has 0 aliphatic heterocycles. The van der Waals surface area contributed by atoms with Crippen molar-refractivity contribution >= 4 is 22.6 Å². The molecule has 0 aliphatic rings. The van der Waals surface area contributed by atoms with Gasteiger partial charge in [0.2, 0.25) is 0 Å². The van der Waals surface area contributed by atoms with Crippen molar-refractivity contribution in [1.29, 1.82) is 0 Å². The van der Waals surface area contributed by atoms with E-state index in [9.17, 15) is 4.79 Å². The molecule has 0 N–H and O–H groups in total. The highest BCUT2D eigenvalue weighted by atomic mass is 16.2. The molecule has 0 unspecified atom stereocenters. The van der Waals surface area contributed by atoms with E-state index in [0.29, 0.717) is 5.56 Å². The quantitative estimate of drug-likeness (QED) is 0.809. The SMILES string of the molecule is CN(C)C(=O)c1cc(N(C)C)nc2ccccc12. The van der Waals surface area contributed by atoms with Crippen LogP contribution in [0.5, 0.6) is 0 Å². The highest BCUT2D eigenvalue weighted by Crippen LogP contribution is 2.22. The lowest BCUT2D eigenvalue weighted by molar-refractivity contribution is 0.0829. The van der Waals surface area contributed by atoms with Gasteiger partial charge in [-0.05, 0) is 12.1 Å². The number of rotatable bonds is 2. The van der Waals surface area contributed by atoms with Crippen LogP contribution in [0, 0.1) is 0 Å². The molecular formula is C14H17N3O. The molecule has 0 fully saturated rings. The topological polar surface area (TPSA) is 36.4 Å². The van der Waals surface area contributed by atoms with Crippen LogP contribution in [-0.2, 0) is 0 Å². The summed E-state index contributed by atoms with van der Waals surface area (Å²) in [6.07, 6.45) is 0. The molecule has 4 heteroatoms. The van der Waals surface area contributed by atoms with Crippen LogP contribution in [-0.4, -0.2) is 44.0 Å². The lowest BCUT2D eigenvalue weighted by Gasteiger charge is -2.17. The van der Waals surface area contributed by atoms with Crippen molar-refractivity contribution in [3.8, 4) is 0 Å². The largest absolute Gasteiger partial charge is 0.363 e. The first-order valence-electron chi connectivity index (χ1n) is 5.79. The van der Waals surface area contributed by atoms with E-state index in [-0.39, 0.29) is 5.91 Å². The molecule has 1 aromatic carbocycles. The molecule has 0 spiro atoms. The van der Waals surface area contributed by atoms with Crippen molar-refractivity contribution in [2.45, 2.75) is 0 Å². The van der Waals surface area contributed by atoms with Crippen molar-refractivity contribution in [3.05, 3.63) is 35.9 Å². The molecule has 2 aromatic rings. The Bertz CT molecular complexity index is 591. The first kappa shape index (κ1) is 12.4. The zero-order valence-electron chi connectivity index (χ0n) is 11.1. The fourth-order valence-electron chi connectivity index (χ4n) is 1.81. The molecule has 0 atom stereocenters. The standard InChI is InChI=1S/C14H17N3O/c1-16(2)13-9-11(14(18)17(3)4)10-7-5-6-8-12(10)15-13/h5-9H,1-4H3. The number of nitrogens with zero attached hydrogens (tertiary/aromatic N) is 3. The minimum absolute atomic E-state index is 0.00306. The first-order valence-corrected chi connectivity index (χ1v) is 5.79. The van der Waals surface area contributed by atoms with Crippen LogP contribution < -0.4 is 4.90 Å². The van der Waals surface area contributed by atoms with E-state index in [4.69, 9.17) is 0 Å². The summed E-state index contributed by atoms with van der Waals surface area (Å²) in [5.74, 6) is 0.788. The molecule has 1 amide bonds. The van der Waals surface area contributed by atoms with Crippen molar-refractivity contribution in [2.75, 3.05) is 33.1 Å². The molecular weight excluding hydrogens is 226 g/mol. The summed E-state index contributed by atoms with van der Waals surface area (Å²) in [5.41, 5.74) is 1.53. The third-order valence-electron chi connectivity index (χ3n) is 2.80. The summed E-state index contributed by atoms with van der Waals surface area (Å²) in [6, 6.07) is 9.54. The fourth-order valence-corrected chi connectivity index (χ4v) is 1.81. The van der Waals surface area contributed by atoms with Crippen molar-refractivity contribution in [2.24, 2.45) is 0 Å². The van der Waals surface area contributed by atoms with Gasteiger partial charge in [-0.15, -0.1) is 0 Å². The van der Waals surface area contributed by atoms with Gasteiger partial charge < -0.3 is 9.80 Å². The normalized spacial score (nSPS) is 10.4. The highest BCUT2D eigenvalue weighted by molar-refractivity contribution is 6.06. The average molecular weight is 243 g/mol. The molecule has 2 rings (SSSR count). The predicted molar refractivity (Wildman–Crippen MR) is 74.1 cm³/mol. The monoisotopic (exact) mass is 243 g/mol. The number of para-hydroxylation sites is 1. The zero-order chi connectivity index (χ0) is 13.3. The van der Waals surface area contributed by atoms with E-state index in [1.807, 2.05) is 49.3 Å². The summed E-state index contributed by atoms with van der Waals surface area (Å²) < 4.78 is 0. The molecule has 0 saturated carbocycles. The molecule has 0 bridgehead atoms. The smallest absolute Gasteiger partial charge is 0.254 e. The lowest BCUT2D eigenvalue weighted by Crippen LogP contribution is -2.23. The highest BCUT2D eigenvalue weighted by Gasteiger charge is 2.14. The minimum Gasteiger partial charge on any atom is -0.363 e. The number of pyridine rings is 1. The van der Waals surface area contributed by atoms with Gasteiger partial charge in [0, 0.05) is 33.6 Å². The van der Waals surface area contributed by atoms with Gasteiger partial charge in [-0.25, -0.2) is 4.98 Å². The third-order valence-corrected chi connectivity index (χ3v) is 2.80. The van der Waals surface area contributed by atoms with Crippen molar-refractivity contribution in [1.82, 2.24) is 9.88 Å². The van der Waals surface area contributed by atoms with Gasteiger partial charge in [0.25, 0.3) is 5.91 Å². The number of fused-ring (bicyclic) bond motifs is 1. The predicted octanol–water partition coefficient (Wildman–Crippen LogP) is 2.00. The van der Waals surface area contributed by atoms with Gasteiger partial charge in [0.15, 0.2) is 0 Å². The van der Waals surface area contributed by atoms with Crippen LogP contribution in [0.1, 0.15) is 10.4 Å². The molecule has 0 saturated heterocycles. The molecule has 1 heterocycles. The van der Waals surface area contributed by atoms with Crippen LogP contribution in [0.25, 0.3) is 10.9 Å². The van der Waals surface area contributed by atoms with Crippen molar-refractivity contribution in [3.63, 3.8) is 0 Å². The molecule has 4 nitrogen and oxygen atoms in total. The minimum atomic E-state index is -0.00306. The summed E-state index contributed by atoms with van der Waals surface area (Å²) in [7, 11) is 7.35. The number of amides is 1. The number of carbonyl (C=O) groups excluding carboxylic acids is 1. The Morgan fingerprint density at radius 2 is 1.78 bits per heavy atom. The zero-order valence-corrected chi connectivity index (χ0v) is 11.1. The fraction of sp³-hybridized carbons (Fsp3) is 0.286. The lowest BCUT2D eigenvalue weighted by atomic mass is 10.1. The number of carbonyl (C=O) groups is 1. The molecule has 0 radical (unpaired) electrons. The van der Waals surface area contributed by atoms with E-state index in [1.165, 1.54) is 0 Å². The van der Waals surface area contributed by atoms with Crippen LogP contribution >= 0.6 is 0 Å². The van der Waals surface area contributed by atoms with E-state index in [0.717, 1.165) is 16.7 Å². The molecule has 94 valence electrons. The van der Waals surface area contributed by atoms with Gasteiger partial charge in [-0.1, -0.05) is 18.2 Å². The van der Waals surface area contributed by atoms with Gasteiger partial charge in [0.05, 0.1) is 11.1 Å².